The highest BCUT2D eigenvalue weighted by Crippen LogP contribution is 2.19. The van der Waals surface area contributed by atoms with Gasteiger partial charge in [0, 0.05) is 24.9 Å². The Morgan fingerprint density at radius 3 is 2.00 bits per heavy atom. The van der Waals surface area contributed by atoms with Gasteiger partial charge in [-0.15, -0.1) is 0 Å². The zero-order valence-corrected chi connectivity index (χ0v) is 12.8. The average Bonchev–Trinajstić information content (AvgIpc) is 2.35. The first kappa shape index (κ1) is 16.3. The summed E-state index contributed by atoms with van der Waals surface area (Å²) in [6.45, 7) is 10.9. The first-order valence-electron chi connectivity index (χ1n) is 7.14. The van der Waals surface area contributed by atoms with E-state index in [1.54, 1.807) is 6.08 Å². The lowest BCUT2D eigenvalue weighted by Gasteiger charge is -2.28. The van der Waals surface area contributed by atoms with Crippen molar-refractivity contribution in [1.82, 2.24) is 0 Å². The second-order valence-electron chi connectivity index (χ2n) is 5.96. The molecule has 0 heterocycles. The van der Waals surface area contributed by atoms with Crippen LogP contribution in [0.2, 0.25) is 0 Å². The second kappa shape index (κ2) is 7.73. The van der Waals surface area contributed by atoms with Crippen molar-refractivity contribution in [2.24, 2.45) is 11.8 Å². The minimum absolute atomic E-state index is 0.611. The molecule has 20 heavy (non-hydrogen) atoms. The number of nitrogens with zero attached hydrogens (tertiary/aromatic N) is 1. The molecule has 0 spiro atoms. The van der Waals surface area contributed by atoms with E-state index >= 15 is 0 Å². The molecule has 3 nitrogen and oxygen atoms in total. The van der Waals surface area contributed by atoms with E-state index in [1.165, 1.54) is 5.69 Å². The van der Waals surface area contributed by atoms with Gasteiger partial charge in [-0.1, -0.05) is 39.8 Å². The highest BCUT2D eigenvalue weighted by atomic mass is 16.4. The summed E-state index contributed by atoms with van der Waals surface area (Å²) < 4.78 is 0. The molecule has 0 saturated carbocycles. The van der Waals surface area contributed by atoms with Gasteiger partial charge < -0.3 is 10.0 Å². The summed E-state index contributed by atoms with van der Waals surface area (Å²) in [4.78, 5) is 12.9. The van der Waals surface area contributed by atoms with Gasteiger partial charge in [0.05, 0.1) is 0 Å². The molecule has 1 aromatic rings. The van der Waals surface area contributed by atoms with E-state index in [0.29, 0.717) is 11.8 Å². The fourth-order valence-corrected chi connectivity index (χ4v) is 2.13. The summed E-state index contributed by atoms with van der Waals surface area (Å²) in [5.74, 6) is 0.302. The lowest BCUT2D eigenvalue weighted by molar-refractivity contribution is -0.131. The summed E-state index contributed by atoms with van der Waals surface area (Å²) in [5, 5.41) is 8.62. The minimum atomic E-state index is -0.921. The van der Waals surface area contributed by atoms with Gasteiger partial charge in [0.25, 0.3) is 0 Å². The molecule has 3 heteroatoms. The number of rotatable bonds is 7. The molecule has 0 saturated heterocycles. The van der Waals surface area contributed by atoms with E-state index in [9.17, 15) is 4.79 Å². The summed E-state index contributed by atoms with van der Waals surface area (Å²) >= 11 is 0. The number of anilines is 1. The van der Waals surface area contributed by atoms with E-state index in [1.807, 2.05) is 12.1 Å². The largest absolute Gasteiger partial charge is 0.478 e. The van der Waals surface area contributed by atoms with Crippen LogP contribution in [0, 0.1) is 11.8 Å². The third-order valence-corrected chi connectivity index (χ3v) is 2.85. The second-order valence-corrected chi connectivity index (χ2v) is 5.96. The van der Waals surface area contributed by atoms with Crippen LogP contribution in [0.4, 0.5) is 5.69 Å². The van der Waals surface area contributed by atoms with Crippen LogP contribution in [0.25, 0.3) is 6.08 Å². The maximum atomic E-state index is 10.5. The van der Waals surface area contributed by atoms with Gasteiger partial charge in [-0.2, -0.15) is 0 Å². The molecule has 0 unspecified atom stereocenters. The topological polar surface area (TPSA) is 40.5 Å². The van der Waals surface area contributed by atoms with Gasteiger partial charge in [-0.3, -0.25) is 0 Å². The monoisotopic (exact) mass is 275 g/mol. The predicted octanol–water partition coefficient (Wildman–Crippen LogP) is 3.90. The number of carboxylic acids is 1. The number of carbonyl (C=O) groups is 1. The first-order valence-corrected chi connectivity index (χ1v) is 7.14. The molecule has 1 rings (SSSR count). The van der Waals surface area contributed by atoms with Crippen LogP contribution in [0.15, 0.2) is 30.3 Å². The van der Waals surface area contributed by atoms with Crippen molar-refractivity contribution in [1.29, 1.82) is 0 Å². The van der Waals surface area contributed by atoms with Crippen LogP contribution in [0.3, 0.4) is 0 Å². The molecule has 0 bridgehead atoms. The SMILES string of the molecule is CC(C)CN(CC(C)C)c1ccc(C=CC(=O)O)cc1. The van der Waals surface area contributed by atoms with Crippen LogP contribution in [0.1, 0.15) is 33.3 Å². The Morgan fingerprint density at radius 1 is 1.10 bits per heavy atom. The number of aliphatic carboxylic acids is 1. The van der Waals surface area contributed by atoms with Crippen LogP contribution in [-0.2, 0) is 4.79 Å². The number of carboxylic acid groups (broad SMARTS) is 1. The zero-order chi connectivity index (χ0) is 15.1. The molecule has 0 amide bonds. The third-order valence-electron chi connectivity index (χ3n) is 2.85. The van der Waals surface area contributed by atoms with Crippen molar-refractivity contribution >= 4 is 17.7 Å². The highest BCUT2D eigenvalue weighted by Gasteiger charge is 2.10. The molecule has 0 atom stereocenters. The number of benzene rings is 1. The lowest BCUT2D eigenvalue weighted by atomic mass is 10.1. The molecule has 0 aliphatic rings. The van der Waals surface area contributed by atoms with Gasteiger partial charge in [0.15, 0.2) is 0 Å². The third kappa shape index (κ3) is 5.91. The summed E-state index contributed by atoms with van der Waals surface area (Å²) in [7, 11) is 0. The van der Waals surface area contributed by atoms with Gasteiger partial charge >= 0.3 is 5.97 Å². The smallest absolute Gasteiger partial charge is 0.328 e. The fourth-order valence-electron chi connectivity index (χ4n) is 2.13. The fraction of sp³-hybridized carbons (Fsp3) is 0.471. The van der Waals surface area contributed by atoms with Gasteiger partial charge in [-0.05, 0) is 35.6 Å². The van der Waals surface area contributed by atoms with Crippen molar-refractivity contribution in [3.63, 3.8) is 0 Å². The Morgan fingerprint density at radius 2 is 1.60 bits per heavy atom. The molecule has 1 aromatic carbocycles. The van der Waals surface area contributed by atoms with Crippen molar-refractivity contribution < 1.29 is 9.90 Å². The normalized spacial score (nSPS) is 11.5. The molecule has 0 fully saturated rings. The van der Waals surface area contributed by atoms with Crippen molar-refractivity contribution in [3.8, 4) is 0 Å². The predicted molar refractivity (Wildman–Crippen MR) is 85.0 cm³/mol. The molecule has 110 valence electrons. The Kier molecular flexibility index (Phi) is 6.29. The molecule has 0 radical (unpaired) electrons. The quantitative estimate of drug-likeness (QED) is 0.767. The van der Waals surface area contributed by atoms with Crippen molar-refractivity contribution in [2.45, 2.75) is 27.7 Å². The summed E-state index contributed by atoms with van der Waals surface area (Å²) in [5.41, 5.74) is 2.10. The van der Waals surface area contributed by atoms with Crippen LogP contribution >= 0.6 is 0 Å². The summed E-state index contributed by atoms with van der Waals surface area (Å²) in [6, 6.07) is 8.05. The van der Waals surface area contributed by atoms with E-state index in [4.69, 9.17) is 5.11 Å². The Balaban J connectivity index is 2.83. The van der Waals surface area contributed by atoms with E-state index < -0.39 is 5.97 Å². The van der Waals surface area contributed by atoms with E-state index in [-0.39, 0.29) is 0 Å². The zero-order valence-electron chi connectivity index (χ0n) is 12.8. The number of hydrogen-bond donors (Lipinski definition) is 1. The maximum Gasteiger partial charge on any atom is 0.328 e. The molecular formula is C17H25NO2. The molecule has 0 aliphatic carbocycles. The molecule has 1 N–H and O–H groups in total. The standard InChI is InChI=1S/C17H25NO2/c1-13(2)11-18(12-14(3)4)16-8-5-15(6-9-16)7-10-17(19)20/h5-10,13-14H,11-12H2,1-4H3,(H,19,20). The van der Waals surface area contributed by atoms with Crippen LogP contribution in [-0.4, -0.2) is 24.2 Å². The van der Waals surface area contributed by atoms with Gasteiger partial charge in [0.2, 0.25) is 0 Å². The Hall–Kier alpha value is -1.77. The molecule has 0 aliphatic heterocycles. The number of hydrogen-bond acceptors (Lipinski definition) is 2. The van der Waals surface area contributed by atoms with Crippen LogP contribution in [0.5, 0.6) is 0 Å². The Bertz CT molecular complexity index is 437. The lowest BCUT2D eigenvalue weighted by Crippen LogP contribution is -2.31. The minimum Gasteiger partial charge on any atom is -0.478 e. The van der Waals surface area contributed by atoms with Crippen molar-refractivity contribution in [3.05, 3.63) is 35.9 Å². The average molecular weight is 275 g/mol. The van der Waals surface area contributed by atoms with Gasteiger partial charge in [0.1, 0.15) is 0 Å². The highest BCUT2D eigenvalue weighted by molar-refractivity contribution is 5.85. The van der Waals surface area contributed by atoms with Gasteiger partial charge in [-0.25, -0.2) is 4.79 Å². The maximum absolute atomic E-state index is 10.5. The van der Waals surface area contributed by atoms with E-state index in [2.05, 4.69) is 44.7 Å². The van der Waals surface area contributed by atoms with E-state index in [0.717, 1.165) is 24.7 Å². The Labute approximate surface area is 121 Å². The van der Waals surface area contributed by atoms with Crippen LogP contribution < -0.4 is 4.90 Å². The summed E-state index contributed by atoms with van der Waals surface area (Å²) in [6.07, 6.45) is 2.77. The molecule has 0 aromatic heterocycles. The van der Waals surface area contributed by atoms with Crippen molar-refractivity contribution in [2.75, 3.05) is 18.0 Å². The first-order chi connectivity index (χ1) is 9.38. The molecular weight excluding hydrogens is 250 g/mol.